The van der Waals surface area contributed by atoms with Crippen molar-refractivity contribution in [2.75, 3.05) is 9.80 Å². The highest BCUT2D eigenvalue weighted by Crippen LogP contribution is 2.55. The summed E-state index contributed by atoms with van der Waals surface area (Å²) in [6.07, 6.45) is 0. The molecule has 0 spiro atoms. The number of rotatable bonds is 12. The van der Waals surface area contributed by atoms with Crippen molar-refractivity contribution < 1.29 is 0 Å². The van der Waals surface area contributed by atoms with E-state index in [2.05, 4.69) is 427 Å². The quantitative estimate of drug-likeness (QED) is 0.113. The highest BCUT2D eigenvalue weighted by atomic mass is 15.2. The SMILES string of the molecule is Cc1cc(-c2ccccc2)c(N2c3cc(-n4c5ccccc5c5ccccc54)ccc3B3c4ccc(-n5c6ccccc6c6ccccc65)cc4N(c4c(-c5ccccc5)cccc4-c4cccc(-c5cccc(-c6ccccc6)c5)c4)c4cc(C)cc2c43)c(-c2cccc(-c3cccc(-c4ccccc4)c3)c2)c1. The molecular weight excluding hydrogens is 1320 g/mol. The summed E-state index contributed by atoms with van der Waals surface area (Å²) in [5.41, 5.74) is 37.9. The van der Waals surface area contributed by atoms with Crippen molar-refractivity contribution in [1.29, 1.82) is 0 Å². The first-order valence-electron chi connectivity index (χ1n) is 37.8. The second kappa shape index (κ2) is 26.0. The van der Waals surface area contributed by atoms with Crippen LogP contribution in [0.5, 0.6) is 0 Å². The van der Waals surface area contributed by atoms with Crippen LogP contribution in [0.25, 0.3) is 144 Å². The minimum Gasteiger partial charge on any atom is -0.310 e. The summed E-state index contributed by atoms with van der Waals surface area (Å²) >= 11 is 0. The van der Waals surface area contributed by atoms with Crippen LogP contribution in [0.4, 0.5) is 34.1 Å². The van der Waals surface area contributed by atoms with Crippen LogP contribution in [0.2, 0.25) is 0 Å². The Morgan fingerprint density at radius 1 is 0.202 bits per heavy atom. The fraction of sp³-hybridized carbons (Fsp3) is 0.0192. The molecule has 0 fully saturated rings. The predicted molar refractivity (Wildman–Crippen MR) is 462 cm³/mol. The van der Waals surface area contributed by atoms with Gasteiger partial charge in [0.05, 0.1) is 33.4 Å². The lowest BCUT2D eigenvalue weighted by atomic mass is 9.33. The first-order valence-corrected chi connectivity index (χ1v) is 37.8. The average molecular weight is 1390 g/mol. The normalized spacial score (nSPS) is 12.3. The van der Waals surface area contributed by atoms with E-state index in [9.17, 15) is 0 Å². The minimum absolute atomic E-state index is 0.246. The number of nitrogens with zero attached hydrogens (tertiary/aromatic N) is 4. The van der Waals surface area contributed by atoms with Gasteiger partial charge in [0.2, 0.25) is 0 Å². The summed E-state index contributed by atoms with van der Waals surface area (Å²) in [5.74, 6) is 0. The van der Waals surface area contributed by atoms with Crippen molar-refractivity contribution in [1.82, 2.24) is 9.13 Å². The van der Waals surface area contributed by atoms with E-state index in [1.54, 1.807) is 0 Å². The molecule has 4 nitrogen and oxygen atoms in total. The molecule has 0 N–H and O–H groups in total. The number of aryl methyl sites for hydroxylation is 2. The van der Waals surface area contributed by atoms with Gasteiger partial charge in [-0.3, -0.25) is 0 Å². The summed E-state index contributed by atoms with van der Waals surface area (Å²) < 4.78 is 4.98. The fourth-order valence-electron chi connectivity index (χ4n) is 18.0. The summed E-state index contributed by atoms with van der Waals surface area (Å²) in [7, 11) is 0. The Hall–Kier alpha value is -14.0. The van der Waals surface area contributed by atoms with Gasteiger partial charge in [-0.1, -0.05) is 297 Å². The molecule has 0 unspecified atom stereocenters. The molecule has 2 aliphatic heterocycles. The molecule has 2 aliphatic rings. The van der Waals surface area contributed by atoms with Gasteiger partial charge in [0, 0.05) is 77.9 Å². The van der Waals surface area contributed by atoms with Crippen LogP contribution in [0.3, 0.4) is 0 Å². The average Bonchev–Trinajstić information content (AvgIpc) is 0.893. The Bertz CT molecular complexity index is 6720. The number of aromatic nitrogens is 2. The van der Waals surface area contributed by atoms with Crippen LogP contribution >= 0.6 is 0 Å². The standard InChI is InChI=1S/C104H71BN4/c1-68-58-90(73-34-13-6-14-35-73)104(91(59-68)81-43-26-41-79(65-81)77-39-24-37-75(63-77)71-30-9-4-10-31-71)109-99-67-83(107-96-52-21-17-46-88(96)89-47-18-22-53-97(89)107)55-57-93(99)105-92-56-54-82(106-94-50-19-15-44-86(94)87-45-16-20-51-95(87)106)66-98(92)108(100-60-69(2)61-101(109)102(100)105)103-84(72-32-11-5-12-33-72)48-27-49-85(103)80-42-25-40-78(64-80)76-38-23-36-74(62-76)70-28-7-3-8-29-70/h3-67H,1-2H3. The summed E-state index contributed by atoms with van der Waals surface area (Å²) in [5, 5.41) is 4.89. The number of hydrogen-bond donors (Lipinski definition) is 0. The predicted octanol–water partition coefficient (Wildman–Crippen LogP) is 25.9. The van der Waals surface area contributed by atoms with Gasteiger partial charge >= 0.3 is 0 Å². The second-order valence-corrected chi connectivity index (χ2v) is 29.2. The third-order valence-electron chi connectivity index (χ3n) is 22.7. The highest BCUT2D eigenvalue weighted by molar-refractivity contribution is 7.00. The zero-order valence-electron chi connectivity index (χ0n) is 60.4. The summed E-state index contributed by atoms with van der Waals surface area (Å²) in [6, 6.07) is 148. The molecule has 510 valence electrons. The Morgan fingerprint density at radius 2 is 0.486 bits per heavy atom. The van der Waals surface area contributed by atoms with E-state index in [4.69, 9.17) is 0 Å². The molecule has 0 saturated heterocycles. The smallest absolute Gasteiger partial charge is 0.252 e. The van der Waals surface area contributed by atoms with E-state index >= 15 is 0 Å². The molecule has 0 amide bonds. The van der Waals surface area contributed by atoms with Crippen molar-refractivity contribution in [3.63, 3.8) is 0 Å². The maximum atomic E-state index is 2.70. The zero-order chi connectivity index (χ0) is 72.2. The monoisotopic (exact) mass is 1390 g/mol. The van der Waals surface area contributed by atoms with E-state index in [0.29, 0.717) is 0 Å². The van der Waals surface area contributed by atoms with Gasteiger partial charge in [-0.15, -0.1) is 0 Å². The summed E-state index contributed by atoms with van der Waals surface area (Å²) in [4.78, 5) is 5.38. The van der Waals surface area contributed by atoms with Crippen LogP contribution in [-0.2, 0) is 0 Å². The largest absolute Gasteiger partial charge is 0.310 e. The molecule has 21 rings (SSSR count). The Morgan fingerprint density at radius 3 is 0.899 bits per heavy atom. The van der Waals surface area contributed by atoms with Crippen LogP contribution in [0.1, 0.15) is 11.1 Å². The van der Waals surface area contributed by atoms with Crippen molar-refractivity contribution in [2.24, 2.45) is 0 Å². The molecule has 4 heterocycles. The van der Waals surface area contributed by atoms with Gasteiger partial charge in [-0.2, -0.15) is 0 Å². The van der Waals surface area contributed by atoms with E-state index in [-0.39, 0.29) is 6.71 Å². The molecule has 0 radical (unpaired) electrons. The molecule has 2 aromatic heterocycles. The van der Waals surface area contributed by atoms with Gasteiger partial charge in [0.1, 0.15) is 0 Å². The number of benzene rings is 17. The molecule has 0 saturated carbocycles. The minimum atomic E-state index is -0.246. The molecule has 0 aliphatic carbocycles. The maximum Gasteiger partial charge on any atom is 0.252 e. The molecule has 5 heteroatoms. The number of hydrogen-bond acceptors (Lipinski definition) is 2. The van der Waals surface area contributed by atoms with Gasteiger partial charge in [0.15, 0.2) is 0 Å². The fourth-order valence-corrected chi connectivity index (χ4v) is 18.0. The molecular formula is C104H71BN4. The van der Waals surface area contributed by atoms with Crippen molar-refractivity contribution >= 4 is 101 Å². The van der Waals surface area contributed by atoms with Crippen LogP contribution in [0, 0.1) is 13.8 Å². The van der Waals surface area contributed by atoms with Crippen LogP contribution in [0.15, 0.2) is 394 Å². The Kier molecular flexibility index (Phi) is 15.1. The van der Waals surface area contributed by atoms with E-state index in [1.807, 2.05) is 0 Å². The van der Waals surface area contributed by atoms with Crippen LogP contribution in [-0.4, -0.2) is 15.8 Å². The van der Waals surface area contributed by atoms with Gasteiger partial charge in [0.25, 0.3) is 6.71 Å². The first kappa shape index (κ1) is 63.5. The van der Waals surface area contributed by atoms with Crippen molar-refractivity contribution in [3.8, 4) is 100 Å². The maximum absolute atomic E-state index is 2.70. The lowest BCUT2D eigenvalue weighted by Crippen LogP contribution is -2.61. The van der Waals surface area contributed by atoms with Crippen molar-refractivity contribution in [2.45, 2.75) is 13.8 Å². The number of fused-ring (bicyclic) bond motifs is 10. The van der Waals surface area contributed by atoms with E-state index in [0.717, 1.165) is 140 Å². The van der Waals surface area contributed by atoms with E-state index < -0.39 is 0 Å². The molecule has 17 aromatic carbocycles. The van der Waals surface area contributed by atoms with Crippen LogP contribution < -0.4 is 26.2 Å². The number of para-hydroxylation sites is 5. The number of anilines is 6. The Balaban J connectivity index is 0.873. The third-order valence-corrected chi connectivity index (χ3v) is 22.7. The molecule has 0 bridgehead atoms. The third kappa shape index (κ3) is 10.6. The van der Waals surface area contributed by atoms with Crippen molar-refractivity contribution in [3.05, 3.63) is 405 Å². The zero-order valence-corrected chi connectivity index (χ0v) is 60.4. The summed E-state index contributed by atoms with van der Waals surface area (Å²) in [6.45, 7) is 4.34. The van der Waals surface area contributed by atoms with Gasteiger partial charge < -0.3 is 18.9 Å². The molecule has 109 heavy (non-hydrogen) atoms. The highest BCUT2D eigenvalue weighted by Gasteiger charge is 2.46. The van der Waals surface area contributed by atoms with Gasteiger partial charge in [-0.05, 0) is 205 Å². The Labute approximate surface area is 635 Å². The topological polar surface area (TPSA) is 16.3 Å². The lowest BCUT2D eigenvalue weighted by Gasteiger charge is -2.46. The second-order valence-electron chi connectivity index (χ2n) is 29.2. The molecule has 19 aromatic rings. The molecule has 0 atom stereocenters. The van der Waals surface area contributed by atoms with Gasteiger partial charge in [-0.25, -0.2) is 0 Å². The lowest BCUT2D eigenvalue weighted by molar-refractivity contribution is 1.16. The van der Waals surface area contributed by atoms with E-state index in [1.165, 1.54) is 65.8 Å². The first-order chi connectivity index (χ1) is 53.9.